The van der Waals surface area contributed by atoms with Crippen LogP contribution in [0.3, 0.4) is 0 Å². The first kappa shape index (κ1) is 21.2. The van der Waals surface area contributed by atoms with Crippen molar-refractivity contribution in [1.82, 2.24) is 9.29 Å². The van der Waals surface area contributed by atoms with Crippen LogP contribution in [0.1, 0.15) is 12.8 Å². The largest absolute Gasteiger partial charge is 0.371 e. The summed E-state index contributed by atoms with van der Waals surface area (Å²) in [7, 11) is 0. The third kappa shape index (κ3) is 4.63. The average molecular weight is 459 g/mol. The normalized spacial score (nSPS) is 14.7. The SMILES string of the molecule is CSc1cccc(NC(=O)N(S)C2CCN(c3ccnc4cc(Cl)ccc34)CC2)c1. The van der Waals surface area contributed by atoms with Crippen LogP contribution in [0.15, 0.2) is 59.6 Å². The Morgan fingerprint density at radius 3 is 2.80 bits per heavy atom. The quantitative estimate of drug-likeness (QED) is 0.374. The summed E-state index contributed by atoms with van der Waals surface area (Å²) in [5.74, 6) is 0. The Balaban J connectivity index is 1.40. The Morgan fingerprint density at radius 1 is 1.23 bits per heavy atom. The molecule has 4 rings (SSSR count). The highest BCUT2D eigenvalue weighted by atomic mass is 35.5. The van der Waals surface area contributed by atoms with Crippen LogP contribution >= 0.6 is 36.2 Å². The highest BCUT2D eigenvalue weighted by Crippen LogP contribution is 2.31. The predicted octanol–water partition coefficient (Wildman–Crippen LogP) is 5.96. The molecule has 0 aliphatic carbocycles. The molecule has 2 aromatic carbocycles. The minimum Gasteiger partial charge on any atom is -0.371 e. The second-order valence-electron chi connectivity index (χ2n) is 7.22. The minimum absolute atomic E-state index is 0.0795. The molecule has 5 nitrogen and oxygen atoms in total. The van der Waals surface area contributed by atoms with E-state index in [9.17, 15) is 4.79 Å². The number of aromatic nitrogens is 1. The minimum atomic E-state index is -0.195. The number of thiol groups is 1. The van der Waals surface area contributed by atoms with Gasteiger partial charge in [-0.15, -0.1) is 11.8 Å². The predicted molar refractivity (Wildman–Crippen MR) is 130 cm³/mol. The number of anilines is 2. The van der Waals surface area contributed by atoms with E-state index in [0.717, 1.165) is 53.1 Å². The molecule has 0 saturated carbocycles. The van der Waals surface area contributed by atoms with E-state index in [-0.39, 0.29) is 12.1 Å². The summed E-state index contributed by atoms with van der Waals surface area (Å²) in [6, 6.07) is 15.5. The van der Waals surface area contributed by atoms with Crippen molar-refractivity contribution in [3.63, 3.8) is 0 Å². The lowest BCUT2D eigenvalue weighted by Gasteiger charge is -2.37. The third-order valence-electron chi connectivity index (χ3n) is 5.36. The molecule has 0 radical (unpaired) electrons. The number of halogens is 1. The molecule has 0 unspecified atom stereocenters. The van der Waals surface area contributed by atoms with Crippen molar-refractivity contribution in [3.8, 4) is 0 Å². The molecule has 2 amide bonds. The number of hydrogen-bond donors (Lipinski definition) is 2. The number of carbonyl (C=O) groups excluding carboxylic acids is 1. The maximum Gasteiger partial charge on any atom is 0.331 e. The Labute approximate surface area is 191 Å². The molecule has 1 N–H and O–H groups in total. The van der Waals surface area contributed by atoms with Gasteiger partial charge in [-0.05, 0) is 61.6 Å². The number of amides is 2. The van der Waals surface area contributed by atoms with Crippen LogP contribution in [0.2, 0.25) is 5.02 Å². The van der Waals surface area contributed by atoms with Crippen molar-refractivity contribution in [3.05, 3.63) is 59.8 Å². The number of fused-ring (bicyclic) bond motifs is 1. The zero-order valence-corrected chi connectivity index (χ0v) is 19.1. The number of nitrogens with one attached hydrogen (secondary N) is 1. The molecule has 1 aliphatic rings. The maximum atomic E-state index is 12.7. The molecule has 0 spiro atoms. The lowest BCUT2D eigenvalue weighted by atomic mass is 10.0. The zero-order chi connectivity index (χ0) is 21.1. The van der Waals surface area contributed by atoms with Crippen molar-refractivity contribution in [2.24, 2.45) is 0 Å². The second-order valence-corrected chi connectivity index (χ2v) is 8.96. The van der Waals surface area contributed by atoms with E-state index in [1.165, 1.54) is 4.31 Å². The fourth-order valence-electron chi connectivity index (χ4n) is 3.78. The average Bonchev–Trinajstić information content (AvgIpc) is 2.78. The highest BCUT2D eigenvalue weighted by Gasteiger charge is 2.27. The van der Waals surface area contributed by atoms with E-state index in [2.05, 4.69) is 28.0 Å². The third-order valence-corrected chi connectivity index (χ3v) is 6.83. The monoisotopic (exact) mass is 458 g/mol. The van der Waals surface area contributed by atoms with Gasteiger partial charge >= 0.3 is 6.03 Å². The summed E-state index contributed by atoms with van der Waals surface area (Å²) in [6.45, 7) is 1.69. The van der Waals surface area contributed by atoms with E-state index in [1.807, 2.05) is 61.0 Å². The zero-order valence-electron chi connectivity index (χ0n) is 16.6. The number of urea groups is 1. The van der Waals surface area contributed by atoms with Crippen LogP contribution in [-0.4, -0.2) is 40.7 Å². The first-order valence-electron chi connectivity index (χ1n) is 9.77. The molecule has 0 bridgehead atoms. The van der Waals surface area contributed by atoms with Crippen LogP contribution < -0.4 is 10.2 Å². The summed E-state index contributed by atoms with van der Waals surface area (Å²) < 4.78 is 1.54. The summed E-state index contributed by atoms with van der Waals surface area (Å²) in [5.41, 5.74) is 2.83. The number of rotatable bonds is 4. The highest BCUT2D eigenvalue weighted by molar-refractivity contribution is 7.98. The molecule has 1 fully saturated rings. The molecule has 1 saturated heterocycles. The number of piperidine rings is 1. The second kappa shape index (κ2) is 9.37. The van der Waals surface area contributed by atoms with Gasteiger partial charge in [-0.2, -0.15) is 0 Å². The molecular formula is C22H23ClN4OS2. The van der Waals surface area contributed by atoms with Crippen LogP contribution in [0.4, 0.5) is 16.2 Å². The van der Waals surface area contributed by atoms with Crippen molar-refractivity contribution < 1.29 is 4.79 Å². The molecule has 1 aromatic heterocycles. The van der Waals surface area contributed by atoms with Crippen LogP contribution in [-0.2, 0) is 0 Å². The van der Waals surface area contributed by atoms with Crippen molar-refractivity contribution in [2.75, 3.05) is 29.6 Å². The van der Waals surface area contributed by atoms with Gasteiger partial charge in [0.05, 0.1) is 5.52 Å². The van der Waals surface area contributed by atoms with Gasteiger partial charge in [0.1, 0.15) is 0 Å². The van der Waals surface area contributed by atoms with Gasteiger partial charge in [0.2, 0.25) is 0 Å². The van der Waals surface area contributed by atoms with Gasteiger partial charge in [-0.1, -0.05) is 30.5 Å². The molecular weight excluding hydrogens is 436 g/mol. The van der Waals surface area contributed by atoms with Gasteiger partial charge in [-0.25, -0.2) is 4.79 Å². The number of pyridine rings is 1. The van der Waals surface area contributed by atoms with Crippen LogP contribution in [0.5, 0.6) is 0 Å². The van der Waals surface area contributed by atoms with E-state index >= 15 is 0 Å². The molecule has 30 heavy (non-hydrogen) atoms. The van der Waals surface area contributed by atoms with Crippen molar-refractivity contribution in [2.45, 2.75) is 23.8 Å². The van der Waals surface area contributed by atoms with Gasteiger partial charge in [-0.3, -0.25) is 9.29 Å². The standard InChI is InChI=1S/C22H23ClN4OS2/c1-30-18-4-2-3-16(14-18)25-22(28)27(29)17-8-11-26(12-9-17)21-7-10-24-20-13-15(23)5-6-19(20)21/h2-7,10,13-14,17,29H,8-9,11-12H2,1H3,(H,25,28). The van der Waals surface area contributed by atoms with Gasteiger partial charge in [0.15, 0.2) is 0 Å². The molecule has 156 valence electrons. The van der Waals surface area contributed by atoms with Crippen LogP contribution in [0, 0.1) is 0 Å². The Bertz CT molecular complexity index is 1060. The Morgan fingerprint density at radius 2 is 2.03 bits per heavy atom. The summed E-state index contributed by atoms with van der Waals surface area (Å²) in [5, 5.41) is 4.73. The topological polar surface area (TPSA) is 48.5 Å². The number of carbonyl (C=O) groups is 1. The maximum absolute atomic E-state index is 12.7. The number of thioether (sulfide) groups is 1. The Hall–Kier alpha value is -2.09. The smallest absolute Gasteiger partial charge is 0.331 e. The molecule has 8 heteroatoms. The summed E-state index contributed by atoms with van der Waals surface area (Å²) >= 11 is 12.3. The number of nitrogens with zero attached hydrogens (tertiary/aromatic N) is 3. The van der Waals surface area contributed by atoms with E-state index in [4.69, 9.17) is 11.6 Å². The van der Waals surface area contributed by atoms with Crippen molar-refractivity contribution in [1.29, 1.82) is 0 Å². The van der Waals surface area contributed by atoms with E-state index < -0.39 is 0 Å². The molecule has 3 aromatic rings. The first-order valence-corrected chi connectivity index (χ1v) is 11.8. The molecule has 2 heterocycles. The molecule has 1 aliphatic heterocycles. The lowest BCUT2D eigenvalue weighted by Crippen LogP contribution is -2.44. The molecule has 0 atom stereocenters. The lowest BCUT2D eigenvalue weighted by molar-refractivity contribution is 0.223. The fraction of sp³-hybridized carbons (Fsp3) is 0.273. The summed E-state index contributed by atoms with van der Waals surface area (Å²) in [4.78, 5) is 20.5. The van der Waals surface area contributed by atoms with Gasteiger partial charge in [0, 0.05) is 52.0 Å². The van der Waals surface area contributed by atoms with E-state index in [1.54, 1.807) is 11.8 Å². The van der Waals surface area contributed by atoms with Crippen LogP contribution in [0.25, 0.3) is 10.9 Å². The van der Waals surface area contributed by atoms with Gasteiger partial charge in [0.25, 0.3) is 0 Å². The summed E-state index contributed by atoms with van der Waals surface area (Å²) in [6.07, 6.45) is 5.53. The first-order chi connectivity index (χ1) is 14.5. The van der Waals surface area contributed by atoms with Gasteiger partial charge < -0.3 is 10.2 Å². The Kier molecular flexibility index (Phi) is 6.61. The fourth-order valence-corrected chi connectivity index (χ4v) is 4.69. The number of benzene rings is 2. The van der Waals surface area contributed by atoms with E-state index in [0.29, 0.717) is 5.02 Å². The van der Waals surface area contributed by atoms with Crippen molar-refractivity contribution >= 4 is 64.5 Å². The number of hydrogen-bond acceptors (Lipinski definition) is 5.